The van der Waals surface area contributed by atoms with Gasteiger partial charge in [0.15, 0.2) is 0 Å². The fourth-order valence-corrected chi connectivity index (χ4v) is 5.26. The van der Waals surface area contributed by atoms with Gasteiger partial charge < -0.3 is 4.74 Å². The number of ether oxygens (including phenoxy) is 1. The first-order valence-corrected chi connectivity index (χ1v) is 12.0. The third-order valence-corrected chi connectivity index (χ3v) is 7.21. The highest BCUT2D eigenvalue weighted by Crippen LogP contribution is 2.20. The van der Waals surface area contributed by atoms with Crippen molar-refractivity contribution in [3.05, 3.63) is 65.7 Å². The fraction of sp³-hybridized carbons (Fsp3) is 0.455. The molecular weight excluding hydrogens is 424 g/mol. The van der Waals surface area contributed by atoms with E-state index < -0.39 is 15.8 Å². The van der Waals surface area contributed by atoms with Gasteiger partial charge >= 0.3 is 0 Å². The highest BCUT2D eigenvalue weighted by Gasteiger charge is 2.34. The highest BCUT2D eigenvalue weighted by molar-refractivity contribution is 7.89. The number of sulfonamides is 1. The van der Waals surface area contributed by atoms with Crippen molar-refractivity contribution in [2.24, 2.45) is 0 Å². The molecule has 2 aliphatic heterocycles. The van der Waals surface area contributed by atoms with Crippen molar-refractivity contribution in [3.8, 4) is 0 Å². The lowest BCUT2D eigenvalue weighted by Gasteiger charge is -2.46. The molecule has 31 heavy (non-hydrogen) atoms. The van der Waals surface area contributed by atoms with E-state index in [4.69, 9.17) is 4.74 Å². The van der Waals surface area contributed by atoms with Crippen LogP contribution < -0.4 is 4.72 Å². The molecule has 2 aliphatic rings. The monoisotopic (exact) mass is 451 g/mol. The Kier molecular flexibility index (Phi) is 6.98. The minimum atomic E-state index is -3.66. The second-order valence-corrected chi connectivity index (χ2v) is 9.86. The van der Waals surface area contributed by atoms with E-state index in [0.29, 0.717) is 13.0 Å². The number of rotatable bonds is 8. The van der Waals surface area contributed by atoms with Crippen molar-refractivity contribution in [2.45, 2.75) is 23.5 Å². The Balaban J connectivity index is 1.23. The molecule has 0 amide bonds. The normalized spacial score (nSPS) is 22.5. The predicted molar refractivity (Wildman–Crippen MR) is 113 cm³/mol. The van der Waals surface area contributed by atoms with Crippen LogP contribution in [0.1, 0.15) is 5.56 Å². The molecule has 2 fully saturated rings. The zero-order chi connectivity index (χ0) is 21.8. The molecule has 0 aliphatic carbocycles. The van der Waals surface area contributed by atoms with E-state index in [1.54, 1.807) is 6.07 Å². The first-order valence-electron chi connectivity index (χ1n) is 10.5. The number of hydrogen-bond acceptors (Lipinski definition) is 5. The lowest BCUT2D eigenvalue weighted by Crippen LogP contribution is -2.60. The Hall–Kier alpha value is -1.91. The van der Waals surface area contributed by atoms with Crippen molar-refractivity contribution < 1.29 is 21.9 Å². The molecule has 2 atom stereocenters. The van der Waals surface area contributed by atoms with Gasteiger partial charge in [0.1, 0.15) is 11.6 Å². The molecular formula is C22H27F2N3O3S. The van der Waals surface area contributed by atoms with Crippen molar-refractivity contribution in [1.29, 1.82) is 0 Å². The number of halogens is 2. The fourth-order valence-electron chi connectivity index (χ4n) is 4.24. The Morgan fingerprint density at radius 3 is 2.16 bits per heavy atom. The molecule has 1 N–H and O–H groups in total. The van der Waals surface area contributed by atoms with Crippen LogP contribution in [0.15, 0.2) is 53.4 Å². The zero-order valence-corrected chi connectivity index (χ0v) is 18.0. The summed E-state index contributed by atoms with van der Waals surface area (Å²) < 4.78 is 60.1. The molecule has 0 saturated carbocycles. The minimum absolute atomic E-state index is 0.0539. The lowest BCUT2D eigenvalue weighted by atomic mass is 10.1. The molecule has 6 nitrogen and oxygen atoms in total. The standard InChI is InChI=1S/C22H27F2N3O3S/c23-18-5-7-21(8-6-18)31(28,29)25-10-12-27-15-19-13-26(14-20(16-27)30-19)11-9-17-3-1-2-4-22(17)24/h1-8,19-20,25H,9-16H2. The van der Waals surface area contributed by atoms with Crippen molar-refractivity contribution >= 4 is 10.0 Å². The molecule has 0 aromatic heterocycles. The van der Waals surface area contributed by atoms with Gasteiger partial charge in [-0.2, -0.15) is 0 Å². The van der Waals surface area contributed by atoms with E-state index in [1.165, 1.54) is 18.2 Å². The largest absolute Gasteiger partial charge is 0.370 e. The molecule has 2 bridgehead atoms. The maximum Gasteiger partial charge on any atom is 0.240 e. The molecule has 2 unspecified atom stereocenters. The summed E-state index contributed by atoms with van der Waals surface area (Å²) >= 11 is 0. The molecule has 0 radical (unpaired) electrons. The highest BCUT2D eigenvalue weighted by atomic mass is 32.2. The van der Waals surface area contributed by atoms with Gasteiger partial charge in [0.25, 0.3) is 0 Å². The van der Waals surface area contributed by atoms with Crippen molar-refractivity contribution in [3.63, 3.8) is 0 Å². The first kappa shape index (κ1) is 22.3. The summed E-state index contributed by atoms with van der Waals surface area (Å²) in [5.41, 5.74) is 0.731. The van der Waals surface area contributed by atoms with Gasteiger partial charge in [-0.05, 0) is 42.3 Å². The summed E-state index contributed by atoms with van der Waals surface area (Å²) in [4.78, 5) is 4.58. The average molecular weight is 452 g/mol. The summed E-state index contributed by atoms with van der Waals surface area (Å²) in [5.74, 6) is -0.632. The van der Waals surface area contributed by atoms with Gasteiger partial charge in [-0.25, -0.2) is 21.9 Å². The second-order valence-electron chi connectivity index (χ2n) is 8.09. The molecule has 2 heterocycles. The number of benzene rings is 2. The smallest absolute Gasteiger partial charge is 0.240 e. The van der Waals surface area contributed by atoms with Crippen LogP contribution in [0.3, 0.4) is 0 Å². The van der Waals surface area contributed by atoms with Crippen LogP contribution in [-0.4, -0.2) is 76.2 Å². The topological polar surface area (TPSA) is 61.9 Å². The van der Waals surface area contributed by atoms with Crippen LogP contribution >= 0.6 is 0 Å². The SMILES string of the molecule is O=S(=O)(NCCN1CC2CN(CCc3ccccc3F)CC(C1)O2)c1ccc(F)cc1. The molecule has 2 aromatic rings. The van der Waals surface area contributed by atoms with Crippen LogP contribution in [-0.2, 0) is 21.2 Å². The van der Waals surface area contributed by atoms with Crippen LogP contribution in [0.25, 0.3) is 0 Å². The molecule has 9 heteroatoms. The van der Waals surface area contributed by atoms with Gasteiger partial charge in [-0.15, -0.1) is 0 Å². The Morgan fingerprint density at radius 2 is 1.52 bits per heavy atom. The summed E-state index contributed by atoms with van der Waals surface area (Å²) in [6, 6.07) is 11.7. The van der Waals surface area contributed by atoms with E-state index in [9.17, 15) is 17.2 Å². The maximum absolute atomic E-state index is 13.8. The lowest BCUT2D eigenvalue weighted by molar-refractivity contribution is -0.137. The van der Waals surface area contributed by atoms with Gasteiger partial charge in [-0.3, -0.25) is 9.80 Å². The Morgan fingerprint density at radius 1 is 0.903 bits per heavy atom. The first-order chi connectivity index (χ1) is 14.9. The number of nitrogens with zero attached hydrogens (tertiary/aromatic N) is 2. The van der Waals surface area contributed by atoms with Crippen molar-refractivity contribution in [1.82, 2.24) is 14.5 Å². The van der Waals surface area contributed by atoms with Crippen LogP contribution in [0.2, 0.25) is 0 Å². The molecule has 2 aromatic carbocycles. The maximum atomic E-state index is 13.8. The second kappa shape index (κ2) is 9.70. The molecule has 4 rings (SSSR count). The number of morpholine rings is 2. The number of hydrogen-bond donors (Lipinski definition) is 1. The van der Waals surface area contributed by atoms with Gasteiger partial charge in [-0.1, -0.05) is 18.2 Å². The van der Waals surface area contributed by atoms with Gasteiger partial charge in [0, 0.05) is 45.8 Å². The van der Waals surface area contributed by atoms with E-state index in [1.807, 2.05) is 12.1 Å². The predicted octanol–water partition coefficient (Wildman–Crippen LogP) is 1.87. The zero-order valence-electron chi connectivity index (χ0n) is 17.2. The van der Waals surface area contributed by atoms with Crippen LogP contribution in [0, 0.1) is 11.6 Å². The van der Waals surface area contributed by atoms with E-state index in [-0.39, 0.29) is 29.5 Å². The van der Waals surface area contributed by atoms with E-state index in [0.717, 1.165) is 50.4 Å². The number of nitrogens with one attached hydrogen (secondary N) is 1. The summed E-state index contributed by atoms with van der Waals surface area (Å²) in [6.07, 6.45) is 0.782. The Bertz CT molecular complexity index is 974. The average Bonchev–Trinajstić information content (AvgIpc) is 2.73. The van der Waals surface area contributed by atoms with E-state index >= 15 is 0 Å². The minimum Gasteiger partial charge on any atom is -0.370 e. The van der Waals surface area contributed by atoms with Gasteiger partial charge in [0.2, 0.25) is 10.0 Å². The third-order valence-electron chi connectivity index (χ3n) is 5.73. The molecule has 168 valence electrons. The van der Waals surface area contributed by atoms with Crippen LogP contribution in [0.5, 0.6) is 0 Å². The number of fused-ring (bicyclic) bond motifs is 2. The molecule has 2 saturated heterocycles. The van der Waals surface area contributed by atoms with Crippen LogP contribution in [0.4, 0.5) is 8.78 Å². The molecule has 0 spiro atoms. The van der Waals surface area contributed by atoms with E-state index in [2.05, 4.69) is 14.5 Å². The third kappa shape index (κ3) is 5.87. The Labute approximate surface area is 181 Å². The quantitative estimate of drug-likeness (QED) is 0.664. The van der Waals surface area contributed by atoms with Crippen molar-refractivity contribution in [2.75, 3.05) is 45.8 Å². The summed E-state index contributed by atoms with van der Waals surface area (Å²) in [6.45, 7) is 4.65. The summed E-state index contributed by atoms with van der Waals surface area (Å²) in [5, 5.41) is 0. The van der Waals surface area contributed by atoms with Gasteiger partial charge in [0.05, 0.1) is 17.1 Å². The summed E-state index contributed by atoms with van der Waals surface area (Å²) in [7, 11) is -3.66.